The number of hydrogen-bond donors (Lipinski definition) is 0. The van der Waals surface area contributed by atoms with Crippen LogP contribution in [0.2, 0.25) is 5.02 Å². The summed E-state index contributed by atoms with van der Waals surface area (Å²) in [5.41, 5.74) is 0.773. The third-order valence-electron chi connectivity index (χ3n) is 2.32. The smallest absolute Gasteiger partial charge is 0.334 e. The highest BCUT2D eigenvalue weighted by molar-refractivity contribution is 6.32. The zero-order chi connectivity index (χ0) is 14.6. The maximum atomic E-state index is 11.8. The molecule has 0 spiro atoms. The lowest BCUT2D eigenvalue weighted by Crippen LogP contribution is -2.25. The van der Waals surface area contributed by atoms with Crippen LogP contribution in [-0.4, -0.2) is 18.7 Å². The number of ether oxygens (including phenoxy) is 2. The Morgan fingerprint density at radius 3 is 2.47 bits per heavy atom. The first-order valence-corrected chi connectivity index (χ1v) is 6.34. The van der Waals surface area contributed by atoms with Crippen LogP contribution >= 0.6 is 11.6 Å². The van der Waals surface area contributed by atoms with Gasteiger partial charge in [0.1, 0.15) is 11.4 Å². The monoisotopic (exact) mass is 282 g/mol. The van der Waals surface area contributed by atoms with Crippen LogP contribution in [0.4, 0.5) is 0 Å². The molecule has 1 aromatic carbocycles. The van der Waals surface area contributed by atoms with Crippen molar-refractivity contribution in [2.75, 3.05) is 7.11 Å². The summed E-state index contributed by atoms with van der Waals surface area (Å²) in [6, 6.07) is 5.37. The summed E-state index contributed by atoms with van der Waals surface area (Å²) < 4.78 is 10.3. The van der Waals surface area contributed by atoms with E-state index >= 15 is 0 Å². The molecule has 0 N–H and O–H groups in total. The molecule has 0 aliphatic heterocycles. The van der Waals surface area contributed by atoms with Crippen LogP contribution in [0, 0.1) is 0 Å². The van der Waals surface area contributed by atoms with E-state index in [0.717, 1.165) is 5.56 Å². The molecule has 0 atom stereocenters. The van der Waals surface area contributed by atoms with Gasteiger partial charge in [-0.3, -0.25) is 0 Å². The van der Waals surface area contributed by atoms with Crippen LogP contribution in [0.25, 0.3) is 0 Å². The Hall–Kier alpha value is -1.48. The molecule has 104 valence electrons. The fourth-order valence-electron chi connectivity index (χ4n) is 1.49. The summed E-state index contributed by atoms with van der Waals surface area (Å²) >= 11 is 6.03. The van der Waals surface area contributed by atoms with Gasteiger partial charge in [0.25, 0.3) is 0 Å². The molecule has 1 aromatic rings. The SMILES string of the molecule is C=C(Cc1ccc(OC)c(Cl)c1)C(=O)OC(C)(C)C. The average Bonchev–Trinajstić information content (AvgIpc) is 2.27. The third-order valence-corrected chi connectivity index (χ3v) is 2.62. The van der Waals surface area contributed by atoms with Crippen LogP contribution in [0.5, 0.6) is 5.75 Å². The van der Waals surface area contributed by atoms with Crippen LogP contribution in [0.1, 0.15) is 26.3 Å². The number of benzene rings is 1. The molecule has 4 heteroatoms. The molecular formula is C15H19ClO3. The first-order valence-electron chi connectivity index (χ1n) is 5.96. The second-order valence-corrected chi connectivity index (χ2v) is 5.66. The van der Waals surface area contributed by atoms with Gasteiger partial charge in [0.2, 0.25) is 0 Å². The van der Waals surface area contributed by atoms with Gasteiger partial charge in [-0.2, -0.15) is 0 Å². The second-order valence-electron chi connectivity index (χ2n) is 5.25. The van der Waals surface area contributed by atoms with Crippen molar-refractivity contribution in [2.24, 2.45) is 0 Å². The van der Waals surface area contributed by atoms with Crippen molar-refractivity contribution in [1.82, 2.24) is 0 Å². The Morgan fingerprint density at radius 1 is 1.37 bits per heavy atom. The van der Waals surface area contributed by atoms with Gasteiger partial charge in [-0.15, -0.1) is 0 Å². The van der Waals surface area contributed by atoms with E-state index in [2.05, 4.69) is 6.58 Å². The number of carbonyl (C=O) groups excluding carboxylic acids is 1. The van der Waals surface area contributed by atoms with Crippen molar-refractivity contribution in [3.05, 3.63) is 40.9 Å². The largest absolute Gasteiger partial charge is 0.495 e. The molecule has 0 aliphatic rings. The summed E-state index contributed by atoms with van der Waals surface area (Å²) in [5, 5.41) is 0.511. The lowest BCUT2D eigenvalue weighted by Gasteiger charge is -2.20. The first kappa shape index (κ1) is 15.6. The highest BCUT2D eigenvalue weighted by Gasteiger charge is 2.18. The minimum absolute atomic E-state index is 0.389. The number of methoxy groups -OCH3 is 1. The van der Waals surface area contributed by atoms with Crippen molar-refractivity contribution < 1.29 is 14.3 Å². The maximum Gasteiger partial charge on any atom is 0.334 e. The third kappa shape index (κ3) is 4.95. The minimum Gasteiger partial charge on any atom is -0.495 e. The summed E-state index contributed by atoms with van der Waals surface area (Å²) in [6.45, 7) is 9.22. The molecule has 1 rings (SSSR count). The van der Waals surface area contributed by atoms with E-state index in [-0.39, 0.29) is 5.97 Å². The van der Waals surface area contributed by atoms with Gasteiger partial charge in [-0.1, -0.05) is 24.2 Å². The molecule has 0 heterocycles. The normalized spacial score (nSPS) is 11.0. The second kappa shape index (κ2) is 6.11. The molecular weight excluding hydrogens is 264 g/mol. The van der Waals surface area contributed by atoms with E-state index in [1.165, 1.54) is 0 Å². The van der Waals surface area contributed by atoms with Crippen molar-refractivity contribution in [3.63, 3.8) is 0 Å². The predicted octanol–water partition coefficient (Wildman–Crippen LogP) is 3.79. The van der Waals surface area contributed by atoms with E-state index in [1.807, 2.05) is 26.8 Å². The Bertz CT molecular complexity index is 487. The van der Waals surface area contributed by atoms with Gasteiger partial charge in [-0.25, -0.2) is 4.79 Å². The van der Waals surface area contributed by atoms with Crippen molar-refractivity contribution >= 4 is 17.6 Å². The molecule has 0 unspecified atom stereocenters. The number of hydrogen-bond acceptors (Lipinski definition) is 3. The molecule has 0 amide bonds. The Balaban J connectivity index is 2.72. The van der Waals surface area contributed by atoms with Crippen LogP contribution < -0.4 is 4.74 Å². The van der Waals surface area contributed by atoms with Gasteiger partial charge in [0.15, 0.2) is 0 Å². The fourth-order valence-corrected chi connectivity index (χ4v) is 1.77. The molecule has 0 saturated carbocycles. The summed E-state index contributed by atoms with van der Waals surface area (Å²) in [7, 11) is 1.56. The molecule has 0 aliphatic carbocycles. The lowest BCUT2D eigenvalue weighted by atomic mass is 10.1. The molecule has 0 bridgehead atoms. The number of rotatable bonds is 4. The van der Waals surface area contributed by atoms with E-state index in [1.54, 1.807) is 19.2 Å². The molecule has 0 aromatic heterocycles. The standard InChI is InChI=1S/C15H19ClO3/c1-10(14(17)19-15(2,3)4)8-11-6-7-13(18-5)12(16)9-11/h6-7,9H,1,8H2,2-5H3. The van der Waals surface area contributed by atoms with Crippen LogP contribution in [0.15, 0.2) is 30.4 Å². The van der Waals surface area contributed by atoms with Gasteiger partial charge < -0.3 is 9.47 Å². The highest BCUT2D eigenvalue weighted by Crippen LogP contribution is 2.26. The first-order chi connectivity index (χ1) is 8.73. The molecule has 3 nitrogen and oxygen atoms in total. The summed E-state index contributed by atoms with van der Waals surface area (Å²) in [4.78, 5) is 11.8. The molecule has 0 radical (unpaired) electrons. The quantitative estimate of drug-likeness (QED) is 0.623. The van der Waals surface area contributed by atoms with Crippen molar-refractivity contribution in [1.29, 1.82) is 0 Å². The average molecular weight is 283 g/mol. The van der Waals surface area contributed by atoms with E-state index in [4.69, 9.17) is 21.1 Å². The Labute approximate surface area is 119 Å². The number of esters is 1. The van der Waals surface area contributed by atoms with E-state index in [9.17, 15) is 4.79 Å². The Kier molecular flexibility index (Phi) is 5.01. The molecule has 0 saturated heterocycles. The van der Waals surface area contributed by atoms with Crippen molar-refractivity contribution in [2.45, 2.75) is 32.8 Å². The zero-order valence-corrected chi connectivity index (χ0v) is 12.5. The summed E-state index contributed by atoms with van der Waals surface area (Å²) in [6.07, 6.45) is 0.401. The Morgan fingerprint density at radius 2 is 2.00 bits per heavy atom. The molecule has 19 heavy (non-hydrogen) atoms. The minimum atomic E-state index is -0.516. The predicted molar refractivity (Wildman–Crippen MR) is 76.7 cm³/mol. The van der Waals surface area contributed by atoms with Gasteiger partial charge in [0.05, 0.1) is 12.1 Å². The number of halogens is 1. The van der Waals surface area contributed by atoms with Crippen LogP contribution in [-0.2, 0) is 16.0 Å². The topological polar surface area (TPSA) is 35.5 Å². The van der Waals surface area contributed by atoms with Gasteiger partial charge >= 0.3 is 5.97 Å². The summed E-state index contributed by atoms with van der Waals surface area (Å²) in [5.74, 6) is 0.215. The van der Waals surface area contributed by atoms with Crippen LogP contribution in [0.3, 0.4) is 0 Å². The maximum absolute atomic E-state index is 11.8. The van der Waals surface area contributed by atoms with Gasteiger partial charge in [-0.05, 0) is 38.5 Å². The highest BCUT2D eigenvalue weighted by atomic mass is 35.5. The fraction of sp³-hybridized carbons (Fsp3) is 0.400. The number of carbonyl (C=O) groups is 1. The van der Waals surface area contributed by atoms with E-state index < -0.39 is 5.60 Å². The zero-order valence-electron chi connectivity index (χ0n) is 11.7. The van der Waals surface area contributed by atoms with Gasteiger partial charge in [0, 0.05) is 12.0 Å². The van der Waals surface area contributed by atoms with Crippen molar-refractivity contribution in [3.8, 4) is 5.75 Å². The van der Waals surface area contributed by atoms with E-state index in [0.29, 0.717) is 22.8 Å². The molecule has 0 fully saturated rings. The lowest BCUT2D eigenvalue weighted by molar-refractivity contribution is -0.149.